The van der Waals surface area contributed by atoms with Crippen LogP contribution in [0, 0.1) is 26.6 Å². The van der Waals surface area contributed by atoms with Crippen LogP contribution in [0.5, 0.6) is 0 Å². The molecule has 35 heavy (non-hydrogen) atoms. The van der Waals surface area contributed by atoms with E-state index in [0.717, 1.165) is 0 Å². The topological polar surface area (TPSA) is 63.4 Å². The molecule has 0 atom stereocenters. The van der Waals surface area contributed by atoms with E-state index >= 15 is 0 Å². The molecule has 0 unspecified atom stereocenters. The zero-order valence-electron chi connectivity index (χ0n) is 20.4. The van der Waals surface area contributed by atoms with Gasteiger partial charge in [-0.2, -0.15) is 5.10 Å². The van der Waals surface area contributed by atoms with Gasteiger partial charge >= 0.3 is 0 Å². The van der Waals surface area contributed by atoms with Crippen LogP contribution in [0.4, 0.5) is 10.1 Å². The molecule has 0 radical (unpaired) electrons. The van der Waals surface area contributed by atoms with Crippen LogP contribution in [0.15, 0.2) is 53.5 Å². The van der Waals surface area contributed by atoms with Crippen molar-refractivity contribution in [3.8, 4) is 5.69 Å². The first-order valence-corrected chi connectivity index (χ1v) is 11.7. The van der Waals surface area contributed by atoms with Gasteiger partial charge in [0.15, 0.2) is 0 Å². The normalized spacial score (nSPS) is 14.1. The molecule has 2 aromatic heterocycles. The van der Waals surface area contributed by atoms with Crippen molar-refractivity contribution in [1.82, 2.24) is 19.2 Å². The van der Waals surface area contributed by atoms with Gasteiger partial charge in [0.1, 0.15) is 17.0 Å². The molecule has 1 fully saturated rings. The van der Waals surface area contributed by atoms with E-state index in [4.69, 9.17) is 0 Å². The highest BCUT2D eigenvalue weighted by atomic mass is 19.1. The molecule has 0 N–H and O–H groups in total. The maximum absolute atomic E-state index is 13.5. The summed E-state index contributed by atoms with van der Waals surface area (Å²) in [6.45, 7) is 8.48. The number of aromatic nitrogens is 3. The number of hydrogen-bond donors (Lipinski definition) is 0. The number of benzene rings is 2. The monoisotopic (exact) mass is 473 g/mol. The summed E-state index contributed by atoms with van der Waals surface area (Å²) >= 11 is 0. The largest absolute Gasteiger partial charge is 0.368 e. The second kappa shape index (κ2) is 8.69. The van der Waals surface area contributed by atoms with Crippen LogP contribution in [0.1, 0.15) is 27.2 Å². The van der Waals surface area contributed by atoms with Crippen molar-refractivity contribution >= 4 is 22.6 Å². The first-order valence-electron chi connectivity index (χ1n) is 11.7. The summed E-state index contributed by atoms with van der Waals surface area (Å²) in [5.41, 5.74) is 5.23. The number of piperazine rings is 1. The molecule has 3 heterocycles. The number of anilines is 1. The Balaban J connectivity index is 1.45. The Morgan fingerprint density at radius 2 is 1.66 bits per heavy atom. The molecule has 7 nitrogen and oxygen atoms in total. The van der Waals surface area contributed by atoms with Crippen molar-refractivity contribution in [3.05, 3.63) is 87.1 Å². The maximum atomic E-state index is 13.5. The van der Waals surface area contributed by atoms with Gasteiger partial charge in [0.25, 0.3) is 5.91 Å². The SMILES string of the molecule is Cc1cccc(N2CCN(C(=O)c3cn(C)c4c(c(C)nn4-c4ccc(F)cc4)c3=O)CC2)c1C. The Morgan fingerprint density at radius 3 is 2.34 bits per heavy atom. The lowest BCUT2D eigenvalue weighted by Gasteiger charge is -2.37. The van der Waals surface area contributed by atoms with Crippen molar-refractivity contribution in [3.63, 3.8) is 0 Å². The molecule has 8 heteroatoms. The number of nitrogens with zero attached hydrogens (tertiary/aromatic N) is 5. The molecule has 4 aromatic rings. The van der Waals surface area contributed by atoms with E-state index in [1.165, 1.54) is 28.9 Å². The van der Waals surface area contributed by atoms with Gasteiger partial charge in [-0.05, 0) is 62.2 Å². The van der Waals surface area contributed by atoms with Gasteiger partial charge in [-0.1, -0.05) is 12.1 Å². The molecular formula is C27H28FN5O2. The zero-order chi connectivity index (χ0) is 24.9. The third-order valence-corrected chi connectivity index (χ3v) is 6.95. The predicted octanol–water partition coefficient (Wildman–Crippen LogP) is 3.75. The highest BCUT2D eigenvalue weighted by molar-refractivity contribution is 5.97. The Hall–Kier alpha value is -3.94. The van der Waals surface area contributed by atoms with E-state index in [0.29, 0.717) is 48.6 Å². The van der Waals surface area contributed by atoms with Gasteiger partial charge in [0.05, 0.1) is 16.8 Å². The second-order valence-electron chi connectivity index (χ2n) is 9.15. The lowest BCUT2D eigenvalue weighted by Crippen LogP contribution is -2.49. The third kappa shape index (κ3) is 3.88. The summed E-state index contributed by atoms with van der Waals surface area (Å²) in [6, 6.07) is 12.2. The molecule has 1 saturated heterocycles. The summed E-state index contributed by atoms with van der Waals surface area (Å²) in [4.78, 5) is 30.9. The average molecular weight is 474 g/mol. The highest BCUT2D eigenvalue weighted by Gasteiger charge is 2.27. The van der Waals surface area contributed by atoms with Crippen LogP contribution in [0.2, 0.25) is 0 Å². The van der Waals surface area contributed by atoms with Crippen LogP contribution in [0.3, 0.4) is 0 Å². The minimum Gasteiger partial charge on any atom is -0.368 e. The van der Waals surface area contributed by atoms with Gasteiger partial charge in [-0.15, -0.1) is 0 Å². The van der Waals surface area contributed by atoms with Crippen LogP contribution >= 0.6 is 0 Å². The summed E-state index contributed by atoms with van der Waals surface area (Å²) in [5, 5.41) is 4.92. The fourth-order valence-electron chi connectivity index (χ4n) is 4.87. The van der Waals surface area contributed by atoms with Gasteiger partial charge in [-0.3, -0.25) is 9.59 Å². The standard InChI is InChI=1S/C27H28FN5O2/c1-17-6-5-7-23(18(17)2)31-12-14-32(15-13-31)27(35)22-16-30(4)26-24(25(22)34)19(3)29-33(26)21-10-8-20(28)9-11-21/h5-11,16H,12-15H2,1-4H3. The quantitative estimate of drug-likeness (QED) is 0.455. The summed E-state index contributed by atoms with van der Waals surface area (Å²) in [7, 11) is 1.79. The van der Waals surface area contributed by atoms with E-state index in [1.54, 1.807) is 46.4 Å². The van der Waals surface area contributed by atoms with E-state index < -0.39 is 0 Å². The van der Waals surface area contributed by atoms with Gasteiger partial charge < -0.3 is 14.4 Å². The van der Waals surface area contributed by atoms with E-state index in [1.807, 2.05) is 0 Å². The number of fused-ring (bicyclic) bond motifs is 1. The van der Waals surface area contributed by atoms with Crippen LogP contribution in [-0.2, 0) is 7.05 Å². The Morgan fingerprint density at radius 1 is 0.971 bits per heavy atom. The van der Waals surface area contributed by atoms with Crippen molar-refractivity contribution in [2.45, 2.75) is 20.8 Å². The summed E-state index contributed by atoms with van der Waals surface area (Å²) in [6.07, 6.45) is 1.59. The predicted molar refractivity (Wildman–Crippen MR) is 135 cm³/mol. The molecule has 0 bridgehead atoms. The van der Waals surface area contributed by atoms with Crippen LogP contribution in [-0.4, -0.2) is 51.3 Å². The maximum Gasteiger partial charge on any atom is 0.259 e. The molecule has 0 aliphatic carbocycles. The second-order valence-corrected chi connectivity index (χ2v) is 9.15. The lowest BCUT2D eigenvalue weighted by molar-refractivity contribution is 0.0745. The zero-order valence-corrected chi connectivity index (χ0v) is 20.4. The van der Waals surface area contributed by atoms with Crippen LogP contribution in [0.25, 0.3) is 16.7 Å². The minimum absolute atomic E-state index is 0.141. The van der Waals surface area contributed by atoms with Crippen molar-refractivity contribution in [2.24, 2.45) is 7.05 Å². The summed E-state index contributed by atoms with van der Waals surface area (Å²) < 4.78 is 16.8. The first kappa shape index (κ1) is 22.8. The van der Waals surface area contributed by atoms with Gasteiger partial charge in [-0.25, -0.2) is 9.07 Å². The molecule has 5 rings (SSSR count). The smallest absolute Gasteiger partial charge is 0.259 e. The fourth-order valence-corrected chi connectivity index (χ4v) is 4.87. The van der Waals surface area contributed by atoms with Gasteiger partial charge in [0, 0.05) is 45.1 Å². The first-order chi connectivity index (χ1) is 16.8. The Bertz CT molecular complexity index is 1500. The molecule has 1 aliphatic rings. The van der Waals surface area contributed by atoms with E-state index in [2.05, 4.69) is 42.0 Å². The highest BCUT2D eigenvalue weighted by Crippen LogP contribution is 2.25. The van der Waals surface area contributed by atoms with E-state index in [-0.39, 0.29) is 22.7 Å². The fraction of sp³-hybridized carbons (Fsp3) is 0.296. The number of pyridine rings is 1. The number of rotatable bonds is 3. The number of amides is 1. The van der Waals surface area contributed by atoms with Crippen molar-refractivity contribution < 1.29 is 9.18 Å². The van der Waals surface area contributed by atoms with Crippen molar-refractivity contribution in [2.75, 3.05) is 31.1 Å². The minimum atomic E-state index is -0.346. The number of aryl methyl sites for hydroxylation is 3. The molecule has 0 saturated carbocycles. The Kier molecular flexibility index (Phi) is 5.67. The molecule has 0 spiro atoms. The number of carbonyl (C=O) groups excluding carboxylic acids is 1. The van der Waals surface area contributed by atoms with E-state index in [9.17, 15) is 14.0 Å². The summed E-state index contributed by atoms with van der Waals surface area (Å²) in [5.74, 6) is -0.608. The lowest BCUT2D eigenvalue weighted by atomic mass is 10.1. The van der Waals surface area contributed by atoms with Crippen molar-refractivity contribution in [1.29, 1.82) is 0 Å². The third-order valence-electron chi connectivity index (χ3n) is 6.95. The molecule has 180 valence electrons. The molecule has 1 aliphatic heterocycles. The number of carbonyl (C=O) groups is 1. The number of hydrogen-bond acceptors (Lipinski definition) is 4. The number of halogens is 1. The van der Waals surface area contributed by atoms with Crippen LogP contribution < -0.4 is 10.3 Å². The molecular weight excluding hydrogens is 445 g/mol. The Labute approximate surface area is 203 Å². The molecule has 1 amide bonds. The average Bonchev–Trinajstić information content (AvgIpc) is 3.21. The van der Waals surface area contributed by atoms with Gasteiger partial charge in [0.2, 0.25) is 5.43 Å². The molecule has 2 aromatic carbocycles.